The summed E-state index contributed by atoms with van der Waals surface area (Å²) in [5.74, 6) is 0.575. The molecular formula is C19H19N3O. The number of para-hydroxylation sites is 1. The standard InChI is InChI=1S/C19H19N3O/c1-12-9-14(3)16(10-13(12)2)11-20-22-15(4)21-18-8-6-5-7-17(18)19(22)23/h5-11H,1-4H3/b20-11-. The van der Waals surface area contributed by atoms with Crippen molar-refractivity contribution < 1.29 is 0 Å². The highest BCUT2D eigenvalue weighted by molar-refractivity contribution is 5.82. The number of nitrogens with zero attached hydrogens (tertiary/aromatic N) is 3. The van der Waals surface area contributed by atoms with Gasteiger partial charge >= 0.3 is 0 Å². The van der Waals surface area contributed by atoms with Gasteiger partial charge in [0.05, 0.1) is 17.1 Å². The first kappa shape index (κ1) is 15.2. The lowest BCUT2D eigenvalue weighted by atomic mass is 10.0. The zero-order valence-electron chi connectivity index (χ0n) is 13.8. The normalized spacial score (nSPS) is 11.5. The van der Waals surface area contributed by atoms with E-state index in [1.165, 1.54) is 15.8 Å². The van der Waals surface area contributed by atoms with Gasteiger partial charge in [-0.1, -0.05) is 18.2 Å². The van der Waals surface area contributed by atoms with Crippen LogP contribution in [0.25, 0.3) is 10.9 Å². The maximum atomic E-state index is 12.6. The molecule has 4 heteroatoms. The third kappa shape index (κ3) is 2.80. The highest BCUT2D eigenvalue weighted by Crippen LogP contribution is 2.14. The second-order valence-corrected chi connectivity index (χ2v) is 5.83. The van der Waals surface area contributed by atoms with Gasteiger partial charge in [-0.3, -0.25) is 4.79 Å². The molecule has 2 aromatic carbocycles. The quantitative estimate of drug-likeness (QED) is 0.680. The van der Waals surface area contributed by atoms with Gasteiger partial charge < -0.3 is 0 Å². The van der Waals surface area contributed by atoms with Crippen LogP contribution in [0.5, 0.6) is 0 Å². The van der Waals surface area contributed by atoms with Gasteiger partial charge in [-0.2, -0.15) is 9.78 Å². The highest BCUT2D eigenvalue weighted by atomic mass is 16.1. The third-order valence-corrected chi connectivity index (χ3v) is 4.11. The Morgan fingerprint density at radius 1 is 1.00 bits per heavy atom. The lowest BCUT2D eigenvalue weighted by Crippen LogP contribution is -2.20. The Morgan fingerprint density at radius 2 is 1.70 bits per heavy atom. The van der Waals surface area contributed by atoms with Crippen molar-refractivity contribution >= 4 is 17.1 Å². The van der Waals surface area contributed by atoms with Crippen LogP contribution in [0.2, 0.25) is 0 Å². The average Bonchev–Trinajstić information content (AvgIpc) is 2.52. The summed E-state index contributed by atoms with van der Waals surface area (Å²) in [5.41, 5.74) is 5.15. The molecule has 23 heavy (non-hydrogen) atoms. The Kier molecular flexibility index (Phi) is 3.82. The molecule has 0 atom stereocenters. The molecule has 1 aromatic heterocycles. The molecule has 0 aliphatic heterocycles. The predicted octanol–water partition coefficient (Wildman–Crippen LogP) is 3.51. The van der Waals surface area contributed by atoms with Crippen LogP contribution in [0.15, 0.2) is 46.3 Å². The Bertz CT molecular complexity index is 984. The summed E-state index contributed by atoms with van der Waals surface area (Å²) in [6.07, 6.45) is 1.73. The van der Waals surface area contributed by atoms with Gasteiger partial charge in [0.25, 0.3) is 5.56 Å². The van der Waals surface area contributed by atoms with Crippen molar-refractivity contribution in [1.29, 1.82) is 0 Å². The Hall–Kier alpha value is -2.75. The third-order valence-electron chi connectivity index (χ3n) is 4.11. The molecule has 4 nitrogen and oxygen atoms in total. The van der Waals surface area contributed by atoms with E-state index in [1.54, 1.807) is 19.2 Å². The van der Waals surface area contributed by atoms with Gasteiger partial charge in [0.1, 0.15) is 5.82 Å². The molecule has 3 rings (SSSR count). The van der Waals surface area contributed by atoms with E-state index in [2.05, 4.69) is 36.1 Å². The van der Waals surface area contributed by atoms with Crippen LogP contribution in [0.1, 0.15) is 28.1 Å². The van der Waals surface area contributed by atoms with Crippen molar-refractivity contribution in [2.75, 3.05) is 0 Å². The van der Waals surface area contributed by atoms with Crippen LogP contribution in [-0.4, -0.2) is 15.9 Å². The fourth-order valence-corrected chi connectivity index (χ4v) is 2.61. The number of aromatic nitrogens is 2. The summed E-state index contributed by atoms with van der Waals surface area (Å²) in [6.45, 7) is 7.99. The highest BCUT2D eigenvalue weighted by Gasteiger charge is 2.06. The van der Waals surface area contributed by atoms with Crippen molar-refractivity contribution in [2.24, 2.45) is 5.10 Å². The monoisotopic (exact) mass is 305 g/mol. The molecule has 0 radical (unpaired) electrons. The van der Waals surface area contributed by atoms with Gasteiger partial charge in [0, 0.05) is 0 Å². The molecule has 0 amide bonds. The number of benzene rings is 2. The second-order valence-electron chi connectivity index (χ2n) is 5.83. The summed E-state index contributed by atoms with van der Waals surface area (Å²) in [5, 5.41) is 4.95. The maximum Gasteiger partial charge on any atom is 0.282 e. The summed E-state index contributed by atoms with van der Waals surface area (Å²) < 4.78 is 1.36. The lowest BCUT2D eigenvalue weighted by molar-refractivity contribution is 0.770. The molecular weight excluding hydrogens is 286 g/mol. The minimum absolute atomic E-state index is 0.147. The Balaban J connectivity index is 2.12. The minimum Gasteiger partial charge on any atom is -0.267 e. The van der Waals surface area contributed by atoms with E-state index in [4.69, 9.17) is 0 Å². The largest absolute Gasteiger partial charge is 0.282 e. The van der Waals surface area contributed by atoms with Crippen molar-refractivity contribution in [3.8, 4) is 0 Å². The number of hydrogen-bond donors (Lipinski definition) is 0. The Morgan fingerprint density at radius 3 is 2.48 bits per heavy atom. The van der Waals surface area contributed by atoms with E-state index in [1.807, 2.05) is 25.1 Å². The molecule has 0 aliphatic carbocycles. The first-order chi connectivity index (χ1) is 11.0. The molecule has 0 fully saturated rings. The predicted molar refractivity (Wildman–Crippen MR) is 94.4 cm³/mol. The minimum atomic E-state index is -0.147. The summed E-state index contributed by atoms with van der Waals surface area (Å²) >= 11 is 0. The zero-order chi connectivity index (χ0) is 16.6. The van der Waals surface area contributed by atoms with E-state index >= 15 is 0 Å². The van der Waals surface area contributed by atoms with Crippen molar-refractivity contribution in [3.05, 3.63) is 74.8 Å². The first-order valence-corrected chi connectivity index (χ1v) is 7.58. The molecule has 3 aromatic rings. The smallest absolute Gasteiger partial charge is 0.267 e. The molecule has 0 saturated carbocycles. The fraction of sp³-hybridized carbons (Fsp3) is 0.211. The molecule has 0 saturated heterocycles. The molecule has 116 valence electrons. The topological polar surface area (TPSA) is 47.2 Å². The number of hydrogen-bond acceptors (Lipinski definition) is 3. The Labute approximate surface area is 135 Å². The van der Waals surface area contributed by atoms with Crippen molar-refractivity contribution in [3.63, 3.8) is 0 Å². The first-order valence-electron chi connectivity index (χ1n) is 7.58. The van der Waals surface area contributed by atoms with E-state index < -0.39 is 0 Å². The van der Waals surface area contributed by atoms with Crippen LogP contribution in [0.3, 0.4) is 0 Å². The zero-order valence-corrected chi connectivity index (χ0v) is 13.8. The van der Waals surface area contributed by atoms with Gasteiger partial charge in [0.15, 0.2) is 0 Å². The summed E-state index contributed by atoms with van der Waals surface area (Å²) in [4.78, 5) is 17.0. The number of aryl methyl sites for hydroxylation is 4. The van der Waals surface area contributed by atoms with E-state index in [0.29, 0.717) is 16.7 Å². The number of fused-ring (bicyclic) bond motifs is 1. The lowest BCUT2D eigenvalue weighted by Gasteiger charge is -2.07. The van der Waals surface area contributed by atoms with Crippen LogP contribution >= 0.6 is 0 Å². The van der Waals surface area contributed by atoms with E-state index in [0.717, 1.165) is 11.1 Å². The van der Waals surface area contributed by atoms with Gasteiger partial charge in [-0.25, -0.2) is 4.98 Å². The van der Waals surface area contributed by atoms with Crippen molar-refractivity contribution in [2.45, 2.75) is 27.7 Å². The summed E-state index contributed by atoms with van der Waals surface area (Å²) in [7, 11) is 0. The maximum absolute atomic E-state index is 12.6. The average molecular weight is 305 g/mol. The van der Waals surface area contributed by atoms with Crippen LogP contribution < -0.4 is 5.56 Å². The molecule has 1 heterocycles. The SMILES string of the molecule is Cc1cc(C)c(/C=N\n2c(C)nc3ccccc3c2=O)cc1C. The molecule has 0 spiro atoms. The second kappa shape index (κ2) is 5.80. The summed E-state index contributed by atoms with van der Waals surface area (Å²) in [6, 6.07) is 11.5. The molecule has 0 bridgehead atoms. The van der Waals surface area contributed by atoms with Gasteiger partial charge in [0.2, 0.25) is 0 Å². The fourth-order valence-electron chi connectivity index (χ4n) is 2.61. The van der Waals surface area contributed by atoms with E-state index in [9.17, 15) is 4.79 Å². The molecule has 0 aliphatic rings. The molecule has 0 N–H and O–H groups in total. The molecule has 0 unspecified atom stereocenters. The van der Waals surface area contributed by atoms with Gasteiger partial charge in [-0.05, 0) is 68.1 Å². The van der Waals surface area contributed by atoms with Crippen LogP contribution in [0, 0.1) is 27.7 Å². The van der Waals surface area contributed by atoms with Crippen LogP contribution in [0.4, 0.5) is 0 Å². The number of rotatable bonds is 2. The van der Waals surface area contributed by atoms with Gasteiger partial charge in [-0.15, -0.1) is 0 Å². The van der Waals surface area contributed by atoms with E-state index in [-0.39, 0.29) is 5.56 Å². The van der Waals surface area contributed by atoms with Crippen molar-refractivity contribution in [1.82, 2.24) is 9.66 Å². The van der Waals surface area contributed by atoms with Crippen LogP contribution in [-0.2, 0) is 0 Å².